The van der Waals surface area contributed by atoms with Crippen LogP contribution in [-0.4, -0.2) is 39.9 Å². The van der Waals surface area contributed by atoms with Crippen LogP contribution in [0.3, 0.4) is 0 Å². The van der Waals surface area contributed by atoms with E-state index in [2.05, 4.69) is 10.6 Å². The van der Waals surface area contributed by atoms with Gasteiger partial charge >= 0.3 is 0 Å². The van der Waals surface area contributed by atoms with Gasteiger partial charge in [-0.2, -0.15) is 0 Å². The number of benzene rings is 3. The Morgan fingerprint density at radius 3 is 2.50 bits per heavy atom. The second-order valence-corrected chi connectivity index (χ2v) is 10.3. The van der Waals surface area contributed by atoms with Crippen molar-refractivity contribution in [2.75, 3.05) is 13.1 Å². The van der Waals surface area contributed by atoms with Crippen molar-refractivity contribution >= 4 is 29.1 Å². The number of aromatic hydroxyl groups is 1. The van der Waals surface area contributed by atoms with E-state index in [0.29, 0.717) is 46.1 Å². The van der Waals surface area contributed by atoms with Gasteiger partial charge in [0.05, 0.1) is 22.8 Å². The number of halogens is 2. The molecule has 0 aliphatic carbocycles. The number of phenols is 1. The highest BCUT2D eigenvalue weighted by atomic mass is 35.5. The van der Waals surface area contributed by atoms with Gasteiger partial charge in [0.1, 0.15) is 5.75 Å². The van der Waals surface area contributed by atoms with E-state index in [4.69, 9.17) is 23.2 Å². The molecular formula is C28H32Cl2N2O4. The van der Waals surface area contributed by atoms with Gasteiger partial charge in [-0.05, 0) is 79.8 Å². The first-order valence-electron chi connectivity index (χ1n) is 11.7. The third-order valence-corrected chi connectivity index (χ3v) is 6.69. The minimum Gasteiger partial charge on any atom is -0.508 e. The molecule has 1 amide bonds. The molecule has 5 N–H and O–H groups in total. The molecule has 0 fully saturated rings. The van der Waals surface area contributed by atoms with Crippen LogP contribution in [0.4, 0.5) is 0 Å². The summed E-state index contributed by atoms with van der Waals surface area (Å²) in [5.74, 6) is -0.148. The summed E-state index contributed by atoms with van der Waals surface area (Å²) >= 11 is 12.0. The Balaban J connectivity index is 1.53. The van der Waals surface area contributed by atoms with Crippen LogP contribution in [0.1, 0.15) is 52.6 Å². The van der Waals surface area contributed by atoms with Gasteiger partial charge in [-0.15, -0.1) is 0 Å². The fourth-order valence-corrected chi connectivity index (χ4v) is 4.26. The Morgan fingerprint density at radius 2 is 1.78 bits per heavy atom. The third-order valence-electron chi connectivity index (χ3n) is 5.95. The number of carbonyl (C=O) groups is 1. The summed E-state index contributed by atoms with van der Waals surface area (Å²) in [7, 11) is 0. The molecule has 8 heteroatoms. The highest BCUT2D eigenvalue weighted by Crippen LogP contribution is 2.24. The van der Waals surface area contributed by atoms with Crippen LogP contribution in [0.5, 0.6) is 5.75 Å². The van der Waals surface area contributed by atoms with Crippen LogP contribution in [0.2, 0.25) is 10.0 Å². The normalized spacial score (nSPS) is 12.4. The lowest BCUT2D eigenvalue weighted by Crippen LogP contribution is -2.43. The standard InChI is InChI=1S/C28H32Cl2N2O4/c1-28(2,32-16-26(35)20-7-9-25(34)22(14-20)17-33)15-19-4-3-5-21(12-19)27(36)31-11-10-18-6-8-23(29)24(30)13-18/h3-9,12-14,26,32-35H,10-11,15-17H2,1-2H3,(H,31,36)/t26-/m1/s1. The van der Waals surface area contributed by atoms with Crippen LogP contribution >= 0.6 is 23.2 Å². The molecule has 0 aliphatic rings. The van der Waals surface area contributed by atoms with Gasteiger partial charge in [-0.1, -0.05) is 47.5 Å². The molecule has 1 atom stereocenters. The van der Waals surface area contributed by atoms with Crippen molar-refractivity contribution in [3.63, 3.8) is 0 Å². The number of hydrogen-bond acceptors (Lipinski definition) is 5. The van der Waals surface area contributed by atoms with Gasteiger partial charge in [0.25, 0.3) is 5.91 Å². The third kappa shape index (κ3) is 7.95. The van der Waals surface area contributed by atoms with E-state index in [1.807, 2.05) is 38.1 Å². The highest BCUT2D eigenvalue weighted by molar-refractivity contribution is 6.42. The van der Waals surface area contributed by atoms with Crippen molar-refractivity contribution in [1.82, 2.24) is 10.6 Å². The molecule has 3 aromatic carbocycles. The molecule has 0 heterocycles. The van der Waals surface area contributed by atoms with Crippen LogP contribution in [0.15, 0.2) is 60.7 Å². The molecule has 0 radical (unpaired) electrons. The number of aliphatic hydroxyl groups is 2. The van der Waals surface area contributed by atoms with E-state index in [1.165, 1.54) is 6.07 Å². The summed E-state index contributed by atoms with van der Waals surface area (Å²) < 4.78 is 0. The molecule has 0 bridgehead atoms. The zero-order valence-corrected chi connectivity index (χ0v) is 21.9. The summed E-state index contributed by atoms with van der Waals surface area (Å²) in [5.41, 5.74) is 3.19. The summed E-state index contributed by atoms with van der Waals surface area (Å²) in [4.78, 5) is 12.7. The van der Waals surface area contributed by atoms with Crippen molar-refractivity contribution in [2.45, 2.75) is 44.9 Å². The van der Waals surface area contributed by atoms with Gasteiger partial charge in [0.2, 0.25) is 0 Å². The molecule has 192 valence electrons. The topological polar surface area (TPSA) is 102 Å². The number of rotatable bonds is 11. The van der Waals surface area contributed by atoms with E-state index in [-0.39, 0.29) is 30.3 Å². The number of β-amino-alcohol motifs (C(OH)–C–C–N with tert-alkyl or cyclic N) is 1. The maximum atomic E-state index is 12.7. The molecule has 0 saturated carbocycles. The molecule has 3 rings (SSSR count). The molecule has 0 aromatic heterocycles. The Labute approximate surface area is 221 Å². The molecule has 0 saturated heterocycles. The molecule has 6 nitrogen and oxygen atoms in total. The van der Waals surface area contributed by atoms with Gasteiger partial charge in [0.15, 0.2) is 0 Å². The second-order valence-electron chi connectivity index (χ2n) is 9.46. The number of hydrogen-bond donors (Lipinski definition) is 5. The van der Waals surface area contributed by atoms with Crippen molar-refractivity contribution in [3.05, 3.63) is 98.5 Å². The van der Waals surface area contributed by atoms with Crippen molar-refractivity contribution in [2.24, 2.45) is 0 Å². The molecule has 0 spiro atoms. The Morgan fingerprint density at radius 1 is 1.00 bits per heavy atom. The summed E-state index contributed by atoms with van der Waals surface area (Å²) in [6, 6.07) is 17.6. The van der Waals surface area contributed by atoms with Crippen LogP contribution in [0.25, 0.3) is 0 Å². The summed E-state index contributed by atoms with van der Waals surface area (Å²) in [6.07, 6.45) is 0.479. The summed E-state index contributed by atoms with van der Waals surface area (Å²) in [6.45, 7) is 4.52. The molecule has 0 unspecified atom stereocenters. The maximum Gasteiger partial charge on any atom is 0.251 e. The Bertz CT molecular complexity index is 1200. The minimum absolute atomic E-state index is 0.0000318. The van der Waals surface area contributed by atoms with Crippen LogP contribution in [-0.2, 0) is 19.4 Å². The first kappa shape index (κ1) is 28.0. The van der Waals surface area contributed by atoms with Crippen molar-refractivity contribution in [3.8, 4) is 5.75 Å². The molecule has 36 heavy (non-hydrogen) atoms. The summed E-state index contributed by atoms with van der Waals surface area (Å²) in [5, 5.41) is 37.0. The monoisotopic (exact) mass is 530 g/mol. The van der Waals surface area contributed by atoms with E-state index in [1.54, 1.807) is 30.3 Å². The fraction of sp³-hybridized carbons (Fsp3) is 0.321. The smallest absolute Gasteiger partial charge is 0.251 e. The van der Waals surface area contributed by atoms with E-state index in [0.717, 1.165) is 11.1 Å². The van der Waals surface area contributed by atoms with Crippen molar-refractivity contribution < 1.29 is 20.1 Å². The minimum atomic E-state index is -0.803. The Hall–Kier alpha value is -2.61. The maximum absolute atomic E-state index is 12.7. The van der Waals surface area contributed by atoms with Gasteiger partial charge in [-0.3, -0.25) is 4.79 Å². The van der Waals surface area contributed by atoms with E-state index in [9.17, 15) is 20.1 Å². The first-order valence-corrected chi connectivity index (χ1v) is 12.5. The quantitative estimate of drug-likeness (QED) is 0.245. The van der Waals surface area contributed by atoms with Gasteiger partial charge < -0.3 is 26.0 Å². The first-order chi connectivity index (χ1) is 17.1. The molecule has 0 aliphatic heterocycles. The zero-order chi connectivity index (χ0) is 26.3. The molecule has 3 aromatic rings. The average Bonchev–Trinajstić information content (AvgIpc) is 2.85. The van der Waals surface area contributed by atoms with Crippen molar-refractivity contribution in [1.29, 1.82) is 0 Å². The predicted molar refractivity (Wildman–Crippen MR) is 144 cm³/mol. The van der Waals surface area contributed by atoms with Gasteiger partial charge in [0, 0.05) is 29.8 Å². The van der Waals surface area contributed by atoms with E-state index >= 15 is 0 Å². The second kappa shape index (κ2) is 12.6. The van der Waals surface area contributed by atoms with E-state index < -0.39 is 6.10 Å². The zero-order valence-electron chi connectivity index (χ0n) is 20.4. The molecular weight excluding hydrogens is 499 g/mol. The number of nitrogens with one attached hydrogen (secondary N) is 2. The Kier molecular flexibility index (Phi) is 9.77. The lowest BCUT2D eigenvalue weighted by molar-refractivity contribution is 0.0954. The lowest BCUT2D eigenvalue weighted by atomic mass is 9.93. The SMILES string of the molecule is CC(C)(Cc1cccc(C(=O)NCCc2ccc(Cl)c(Cl)c2)c1)NC[C@@H](O)c1ccc(O)c(CO)c1. The average molecular weight is 531 g/mol. The number of aliphatic hydroxyl groups excluding tert-OH is 2. The predicted octanol–water partition coefficient (Wildman–Crippen LogP) is 4.81. The lowest BCUT2D eigenvalue weighted by Gasteiger charge is -2.28. The largest absolute Gasteiger partial charge is 0.508 e. The van der Waals surface area contributed by atoms with Crippen LogP contribution in [0, 0.1) is 0 Å². The highest BCUT2D eigenvalue weighted by Gasteiger charge is 2.21. The van der Waals surface area contributed by atoms with Crippen LogP contribution < -0.4 is 10.6 Å². The van der Waals surface area contributed by atoms with Gasteiger partial charge in [-0.25, -0.2) is 0 Å². The number of amides is 1. The fourth-order valence-electron chi connectivity index (χ4n) is 3.94. The number of carbonyl (C=O) groups excluding carboxylic acids is 1.